The Labute approximate surface area is 195 Å². The molecule has 1 saturated heterocycles. The highest BCUT2D eigenvalue weighted by molar-refractivity contribution is 6.46. The number of carbonyl (C=O) groups is 2. The predicted octanol–water partition coefficient (Wildman–Crippen LogP) is 2.87. The van der Waals surface area contributed by atoms with Crippen LogP contribution in [0.1, 0.15) is 23.6 Å². The van der Waals surface area contributed by atoms with E-state index in [2.05, 4.69) is 4.98 Å². The fraction of sp³-hybridized carbons (Fsp3) is 0.240. The van der Waals surface area contributed by atoms with E-state index in [1.54, 1.807) is 42.9 Å². The number of phenols is 1. The van der Waals surface area contributed by atoms with E-state index in [1.807, 2.05) is 10.8 Å². The lowest BCUT2D eigenvalue weighted by molar-refractivity contribution is -0.139. The molecule has 0 unspecified atom stereocenters. The molecular formula is C25H23N3O6. The van der Waals surface area contributed by atoms with Crippen LogP contribution in [-0.2, 0) is 16.1 Å². The van der Waals surface area contributed by atoms with Crippen LogP contribution in [0.2, 0.25) is 0 Å². The predicted molar refractivity (Wildman–Crippen MR) is 121 cm³/mol. The smallest absolute Gasteiger partial charge is 0.295 e. The Morgan fingerprint density at radius 3 is 2.65 bits per heavy atom. The summed E-state index contributed by atoms with van der Waals surface area (Å²) in [6.07, 6.45) is 5.75. The minimum atomic E-state index is -0.844. The summed E-state index contributed by atoms with van der Waals surface area (Å²) in [7, 11) is 0. The number of benzene rings is 2. The normalized spacial score (nSPS) is 18.9. The van der Waals surface area contributed by atoms with Crippen LogP contribution < -0.4 is 9.47 Å². The molecule has 174 valence electrons. The van der Waals surface area contributed by atoms with E-state index in [4.69, 9.17) is 9.47 Å². The fourth-order valence-corrected chi connectivity index (χ4v) is 4.34. The van der Waals surface area contributed by atoms with Crippen LogP contribution in [0.5, 0.6) is 17.2 Å². The van der Waals surface area contributed by atoms with Gasteiger partial charge in [-0.1, -0.05) is 12.1 Å². The van der Waals surface area contributed by atoms with Gasteiger partial charge in [-0.2, -0.15) is 0 Å². The number of likely N-dealkylation sites (tertiary alicyclic amines) is 1. The molecule has 1 fully saturated rings. The zero-order valence-corrected chi connectivity index (χ0v) is 18.3. The van der Waals surface area contributed by atoms with Gasteiger partial charge < -0.3 is 29.2 Å². The molecule has 0 radical (unpaired) electrons. The van der Waals surface area contributed by atoms with Gasteiger partial charge in [0.25, 0.3) is 11.7 Å². The number of ether oxygens (including phenoxy) is 2. The van der Waals surface area contributed by atoms with Gasteiger partial charge in [0.1, 0.15) is 24.7 Å². The Kier molecular flexibility index (Phi) is 5.67. The highest BCUT2D eigenvalue weighted by Crippen LogP contribution is 2.41. The maximum atomic E-state index is 13.1. The van der Waals surface area contributed by atoms with Crippen LogP contribution in [0.15, 0.2) is 66.8 Å². The molecule has 1 aromatic heterocycles. The second-order valence-electron chi connectivity index (χ2n) is 8.10. The third-order valence-corrected chi connectivity index (χ3v) is 5.92. The van der Waals surface area contributed by atoms with Crippen molar-refractivity contribution in [1.82, 2.24) is 14.5 Å². The average molecular weight is 461 g/mol. The number of amides is 1. The molecule has 2 N–H and O–H groups in total. The number of ketones is 1. The number of Topliss-reactive ketones (excluding diaryl/α,β-unsaturated/α-hetero) is 1. The number of fused-ring (bicyclic) bond motifs is 1. The Bertz CT molecular complexity index is 1270. The van der Waals surface area contributed by atoms with Crippen LogP contribution in [0, 0.1) is 0 Å². The Morgan fingerprint density at radius 1 is 1.06 bits per heavy atom. The maximum Gasteiger partial charge on any atom is 0.295 e. The van der Waals surface area contributed by atoms with Crippen LogP contribution in [0.4, 0.5) is 0 Å². The van der Waals surface area contributed by atoms with Gasteiger partial charge in [-0.05, 0) is 42.3 Å². The van der Waals surface area contributed by atoms with Crippen molar-refractivity contribution >= 4 is 17.4 Å². The lowest BCUT2D eigenvalue weighted by Gasteiger charge is -2.25. The number of aliphatic hydroxyl groups is 1. The van der Waals surface area contributed by atoms with Gasteiger partial charge in [0.15, 0.2) is 11.5 Å². The standard InChI is InChI=1S/C25H23N3O6/c29-18-4-1-3-16(13-18)22-21(23(30)17-5-6-19-20(14-17)34-12-11-33-19)24(31)25(32)28(22)9-2-8-27-10-7-26-15-27/h1,3-7,10,13-15,22,29-30H,2,8-9,11-12H2/b23-21+/t22-/m1/s1. The molecule has 3 heterocycles. The summed E-state index contributed by atoms with van der Waals surface area (Å²) < 4.78 is 13.0. The molecule has 0 aliphatic carbocycles. The van der Waals surface area contributed by atoms with Crippen LogP contribution in [0.3, 0.4) is 0 Å². The molecule has 2 aliphatic rings. The molecule has 5 rings (SSSR count). The number of aromatic hydroxyl groups is 1. The third kappa shape index (κ3) is 3.96. The highest BCUT2D eigenvalue weighted by Gasteiger charge is 2.46. The number of aryl methyl sites for hydroxylation is 1. The summed E-state index contributed by atoms with van der Waals surface area (Å²) in [6, 6.07) is 10.4. The van der Waals surface area contributed by atoms with Gasteiger partial charge in [0.05, 0.1) is 17.9 Å². The van der Waals surface area contributed by atoms with Crippen molar-refractivity contribution in [1.29, 1.82) is 0 Å². The van der Waals surface area contributed by atoms with Crippen molar-refractivity contribution in [2.24, 2.45) is 0 Å². The van der Waals surface area contributed by atoms with Crippen LogP contribution in [0.25, 0.3) is 5.76 Å². The molecule has 34 heavy (non-hydrogen) atoms. The number of hydrogen-bond acceptors (Lipinski definition) is 7. The van der Waals surface area contributed by atoms with Crippen molar-refractivity contribution in [3.63, 3.8) is 0 Å². The number of aromatic nitrogens is 2. The number of phenolic OH excluding ortho intramolecular Hbond substituents is 1. The summed E-state index contributed by atoms with van der Waals surface area (Å²) in [5.74, 6) is -0.769. The first-order chi connectivity index (χ1) is 16.5. The summed E-state index contributed by atoms with van der Waals surface area (Å²) >= 11 is 0. The quantitative estimate of drug-likeness (QED) is 0.330. The number of nitrogens with zero attached hydrogens (tertiary/aromatic N) is 3. The number of aliphatic hydroxyl groups excluding tert-OH is 1. The number of hydrogen-bond donors (Lipinski definition) is 2. The van der Waals surface area contributed by atoms with Gasteiger partial charge >= 0.3 is 0 Å². The molecule has 0 spiro atoms. The number of imidazole rings is 1. The number of carbonyl (C=O) groups excluding carboxylic acids is 2. The molecule has 9 nitrogen and oxygen atoms in total. The van der Waals surface area contributed by atoms with E-state index in [0.29, 0.717) is 48.8 Å². The van der Waals surface area contributed by atoms with Gasteiger partial charge in [-0.3, -0.25) is 9.59 Å². The zero-order chi connectivity index (χ0) is 23.7. The Morgan fingerprint density at radius 2 is 1.88 bits per heavy atom. The maximum absolute atomic E-state index is 13.1. The third-order valence-electron chi connectivity index (χ3n) is 5.92. The summed E-state index contributed by atoms with van der Waals surface area (Å²) in [5.41, 5.74) is 0.835. The first-order valence-electron chi connectivity index (χ1n) is 11.0. The molecular weight excluding hydrogens is 438 g/mol. The molecule has 2 aliphatic heterocycles. The summed E-state index contributed by atoms with van der Waals surface area (Å²) in [4.78, 5) is 31.6. The average Bonchev–Trinajstić information content (AvgIpc) is 3.45. The molecule has 9 heteroatoms. The van der Waals surface area contributed by atoms with Gasteiger partial charge in [-0.15, -0.1) is 0 Å². The van der Waals surface area contributed by atoms with Crippen molar-refractivity contribution < 1.29 is 29.3 Å². The lowest BCUT2D eigenvalue weighted by atomic mass is 9.95. The minimum Gasteiger partial charge on any atom is -0.508 e. The van der Waals surface area contributed by atoms with Gasteiger partial charge in [-0.25, -0.2) is 4.98 Å². The Hall–Kier alpha value is -4.27. The molecule has 1 amide bonds. The van der Waals surface area contributed by atoms with Crippen molar-refractivity contribution in [3.05, 3.63) is 77.9 Å². The molecule has 0 saturated carbocycles. The molecule has 3 aromatic rings. The largest absolute Gasteiger partial charge is 0.508 e. The first kappa shape index (κ1) is 21.6. The Balaban J connectivity index is 1.54. The van der Waals surface area contributed by atoms with Gasteiger partial charge in [0, 0.05) is 31.0 Å². The SMILES string of the molecule is O=C1C(=O)N(CCCn2ccnc2)[C@H](c2cccc(O)c2)/C1=C(\O)c1ccc2c(c1)OCCO2. The minimum absolute atomic E-state index is 0.000771. The van der Waals surface area contributed by atoms with Crippen LogP contribution in [-0.4, -0.2) is 56.1 Å². The van der Waals surface area contributed by atoms with Gasteiger partial charge in [0.2, 0.25) is 0 Å². The topological polar surface area (TPSA) is 114 Å². The molecule has 1 atom stereocenters. The van der Waals surface area contributed by atoms with E-state index in [9.17, 15) is 19.8 Å². The summed E-state index contributed by atoms with van der Waals surface area (Å²) in [6.45, 7) is 1.70. The van der Waals surface area contributed by atoms with Crippen molar-refractivity contribution in [2.45, 2.75) is 19.0 Å². The lowest BCUT2D eigenvalue weighted by Crippen LogP contribution is -2.31. The van der Waals surface area contributed by atoms with Crippen LogP contribution >= 0.6 is 0 Å². The first-order valence-corrected chi connectivity index (χ1v) is 11.0. The number of rotatable bonds is 6. The van der Waals surface area contributed by atoms with Crippen molar-refractivity contribution in [2.75, 3.05) is 19.8 Å². The monoisotopic (exact) mass is 461 g/mol. The van der Waals surface area contributed by atoms with E-state index in [1.165, 1.54) is 17.0 Å². The highest BCUT2D eigenvalue weighted by atomic mass is 16.6. The molecule has 2 aromatic carbocycles. The van der Waals surface area contributed by atoms with Crippen molar-refractivity contribution in [3.8, 4) is 17.2 Å². The summed E-state index contributed by atoms with van der Waals surface area (Å²) in [5, 5.41) is 21.3. The van der Waals surface area contributed by atoms with E-state index in [0.717, 1.165) is 0 Å². The second kappa shape index (κ2) is 8.93. The van der Waals surface area contributed by atoms with E-state index < -0.39 is 17.7 Å². The fourth-order valence-electron chi connectivity index (χ4n) is 4.34. The second-order valence-corrected chi connectivity index (χ2v) is 8.10. The molecule has 0 bridgehead atoms. The van der Waals surface area contributed by atoms with E-state index >= 15 is 0 Å². The zero-order valence-electron chi connectivity index (χ0n) is 18.3. The van der Waals surface area contributed by atoms with E-state index in [-0.39, 0.29) is 23.6 Å².